The van der Waals surface area contributed by atoms with Crippen molar-refractivity contribution in [2.24, 2.45) is 0 Å². The van der Waals surface area contributed by atoms with Crippen LogP contribution >= 0.6 is 0 Å². The lowest BCUT2D eigenvalue weighted by molar-refractivity contribution is -0.131. The number of methoxy groups -OCH3 is 1. The lowest BCUT2D eigenvalue weighted by atomic mass is 10.2. The number of nitrogens with one attached hydrogen (secondary N) is 1. The molecule has 0 unspecified atom stereocenters. The van der Waals surface area contributed by atoms with Crippen molar-refractivity contribution in [2.75, 3.05) is 26.7 Å². The van der Waals surface area contributed by atoms with Crippen molar-refractivity contribution in [3.05, 3.63) is 29.8 Å². The molecule has 0 bridgehead atoms. The van der Waals surface area contributed by atoms with Crippen molar-refractivity contribution in [3.63, 3.8) is 0 Å². The molecule has 0 saturated carbocycles. The van der Waals surface area contributed by atoms with Gasteiger partial charge in [0.1, 0.15) is 5.75 Å². The first-order chi connectivity index (χ1) is 10.6. The number of hydrogen-bond acceptors (Lipinski definition) is 3. The maximum Gasteiger partial charge on any atom is 0.251 e. The van der Waals surface area contributed by atoms with Gasteiger partial charge in [0.25, 0.3) is 5.91 Å². The molecule has 0 aliphatic heterocycles. The first kappa shape index (κ1) is 18.0. The van der Waals surface area contributed by atoms with Gasteiger partial charge in [0.15, 0.2) is 0 Å². The van der Waals surface area contributed by atoms with Gasteiger partial charge in [0.05, 0.1) is 7.11 Å². The van der Waals surface area contributed by atoms with Crippen molar-refractivity contribution in [3.8, 4) is 5.75 Å². The highest BCUT2D eigenvalue weighted by Crippen LogP contribution is 2.12. The van der Waals surface area contributed by atoms with Crippen LogP contribution in [0.3, 0.4) is 0 Å². The van der Waals surface area contributed by atoms with E-state index in [9.17, 15) is 9.59 Å². The van der Waals surface area contributed by atoms with Gasteiger partial charge in [-0.1, -0.05) is 19.9 Å². The van der Waals surface area contributed by atoms with Crippen molar-refractivity contribution in [1.29, 1.82) is 0 Å². The molecule has 1 aromatic carbocycles. The minimum Gasteiger partial charge on any atom is -0.497 e. The van der Waals surface area contributed by atoms with E-state index in [1.165, 1.54) is 0 Å². The first-order valence-electron chi connectivity index (χ1n) is 7.82. The van der Waals surface area contributed by atoms with E-state index in [0.717, 1.165) is 25.9 Å². The van der Waals surface area contributed by atoms with Crippen LogP contribution in [0.15, 0.2) is 24.3 Å². The zero-order chi connectivity index (χ0) is 16.4. The molecular formula is C17H26N2O3. The summed E-state index contributed by atoms with van der Waals surface area (Å²) in [5.41, 5.74) is 0.533. The highest BCUT2D eigenvalue weighted by molar-refractivity contribution is 5.94. The number of ether oxygens (including phenoxy) is 1. The van der Waals surface area contributed by atoms with Gasteiger partial charge >= 0.3 is 0 Å². The van der Waals surface area contributed by atoms with Crippen LogP contribution in [0.1, 0.15) is 43.5 Å². The predicted molar refractivity (Wildman–Crippen MR) is 87.1 cm³/mol. The van der Waals surface area contributed by atoms with Crippen LogP contribution in [0.2, 0.25) is 0 Å². The number of nitrogens with zero attached hydrogens (tertiary/aromatic N) is 1. The summed E-state index contributed by atoms with van der Waals surface area (Å²) in [6, 6.07) is 6.95. The van der Waals surface area contributed by atoms with Crippen molar-refractivity contribution >= 4 is 11.8 Å². The Labute approximate surface area is 132 Å². The van der Waals surface area contributed by atoms with Crippen LogP contribution in [-0.2, 0) is 4.79 Å². The smallest absolute Gasteiger partial charge is 0.251 e. The van der Waals surface area contributed by atoms with Gasteiger partial charge in [0.2, 0.25) is 5.91 Å². The van der Waals surface area contributed by atoms with Gasteiger partial charge in [-0.05, 0) is 31.0 Å². The maximum absolute atomic E-state index is 12.1. The van der Waals surface area contributed by atoms with E-state index < -0.39 is 0 Å². The SMILES string of the molecule is CCCN(CCC)C(=O)CCNC(=O)c1cccc(OC)c1. The number of carbonyl (C=O) groups excluding carboxylic acids is 2. The van der Waals surface area contributed by atoms with Crippen LogP contribution in [0.25, 0.3) is 0 Å². The first-order valence-corrected chi connectivity index (χ1v) is 7.82. The largest absolute Gasteiger partial charge is 0.497 e. The zero-order valence-electron chi connectivity index (χ0n) is 13.7. The van der Waals surface area contributed by atoms with Gasteiger partial charge < -0.3 is 15.0 Å². The molecule has 0 fully saturated rings. The van der Waals surface area contributed by atoms with E-state index in [4.69, 9.17) is 4.74 Å². The van der Waals surface area contributed by atoms with Gasteiger partial charge in [-0.15, -0.1) is 0 Å². The molecule has 0 radical (unpaired) electrons. The molecule has 0 aliphatic carbocycles. The summed E-state index contributed by atoms with van der Waals surface area (Å²) in [6.07, 6.45) is 2.22. The molecular weight excluding hydrogens is 280 g/mol. The lowest BCUT2D eigenvalue weighted by Crippen LogP contribution is -2.35. The minimum absolute atomic E-state index is 0.0923. The molecule has 0 aromatic heterocycles. The topological polar surface area (TPSA) is 58.6 Å². The Morgan fingerprint density at radius 2 is 1.86 bits per heavy atom. The molecule has 0 saturated heterocycles. The summed E-state index contributed by atoms with van der Waals surface area (Å²) in [6.45, 7) is 6.01. The number of hydrogen-bond donors (Lipinski definition) is 1. The van der Waals surface area contributed by atoms with E-state index in [2.05, 4.69) is 19.2 Å². The second-order valence-corrected chi connectivity index (χ2v) is 5.12. The molecule has 122 valence electrons. The molecule has 0 atom stereocenters. The molecule has 5 heteroatoms. The van der Waals surface area contributed by atoms with Crippen LogP contribution in [0, 0.1) is 0 Å². The van der Waals surface area contributed by atoms with Gasteiger partial charge in [0, 0.05) is 31.6 Å². The standard InChI is InChI=1S/C17H26N2O3/c1-4-11-19(12-5-2)16(20)9-10-18-17(21)14-7-6-8-15(13-14)22-3/h6-8,13H,4-5,9-12H2,1-3H3,(H,18,21). The van der Waals surface area contributed by atoms with E-state index in [-0.39, 0.29) is 11.8 Å². The Balaban J connectivity index is 2.45. The minimum atomic E-state index is -0.191. The molecule has 0 aliphatic rings. The normalized spacial score (nSPS) is 10.1. The van der Waals surface area contributed by atoms with Gasteiger partial charge in [-0.25, -0.2) is 0 Å². The third-order valence-corrected chi connectivity index (χ3v) is 3.30. The maximum atomic E-state index is 12.1. The van der Waals surface area contributed by atoms with Gasteiger partial charge in [-0.2, -0.15) is 0 Å². The third-order valence-electron chi connectivity index (χ3n) is 3.30. The second kappa shape index (κ2) is 9.82. The van der Waals surface area contributed by atoms with E-state index >= 15 is 0 Å². The fraction of sp³-hybridized carbons (Fsp3) is 0.529. The average molecular weight is 306 g/mol. The molecule has 22 heavy (non-hydrogen) atoms. The number of amides is 2. The fourth-order valence-electron chi connectivity index (χ4n) is 2.21. The molecule has 0 spiro atoms. The molecule has 1 N–H and O–H groups in total. The Morgan fingerprint density at radius 1 is 1.18 bits per heavy atom. The highest BCUT2D eigenvalue weighted by atomic mass is 16.5. The van der Waals surface area contributed by atoms with Crippen LogP contribution < -0.4 is 10.1 Å². The van der Waals surface area contributed by atoms with E-state index in [1.807, 2.05) is 4.90 Å². The zero-order valence-corrected chi connectivity index (χ0v) is 13.7. The van der Waals surface area contributed by atoms with Crippen molar-refractivity contribution in [2.45, 2.75) is 33.1 Å². The number of carbonyl (C=O) groups is 2. The monoisotopic (exact) mass is 306 g/mol. The number of benzene rings is 1. The van der Waals surface area contributed by atoms with E-state index in [0.29, 0.717) is 24.3 Å². The summed E-state index contributed by atoms with van der Waals surface area (Å²) in [5, 5.41) is 2.78. The van der Waals surface area contributed by atoms with Crippen LogP contribution in [0.5, 0.6) is 5.75 Å². The van der Waals surface area contributed by atoms with Crippen molar-refractivity contribution < 1.29 is 14.3 Å². The Morgan fingerprint density at radius 3 is 2.45 bits per heavy atom. The molecule has 1 aromatic rings. The summed E-state index contributed by atoms with van der Waals surface area (Å²) >= 11 is 0. The summed E-state index contributed by atoms with van der Waals surface area (Å²) in [7, 11) is 1.56. The van der Waals surface area contributed by atoms with Gasteiger partial charge in [-0.3, -0.25) is 9.59 Å². The second-order valence-electron chi connectivity index (χ2n) is 5.12. The number of rotatable bonds is 9. The lowest BCUT2D eigenvalue weighted by Gasteiger charge is -2.21. The fourth-order valence-corrected chi connectivity index (χ4v) is 2.21. The Hall–Kier alpha value is -2.04. The summed E-state index contributed by atoms with van der Waals surface area (Å²) in [4.78, 5) is 26.0. The molecule has 2 amide bonds. The summed E-state index contributed by atoms with van der Waals surface area (Å²) in [5.74, 6) is 0.541. The Bertz CT molecular complexity index is 483. The highest BCUT2D eigenvalue weighted by Gasteiger charge is 2.12. The summed E-state index contributed by atoms with van der Waals surface area (Å²) < 4.78 is 5.09. The van der Waals surface area contributed by atoms with Crippen LogP contribution in [-0.4, -0.2) is 43.5 Å². The Kier molecular flexibility index (Phi) is 8.04. The van der Waals surface area contributed by atoms with Crippen LogP contribution in [0.4, 0.5) is 0 Å². The molecule has 1 rings (SSSR count). The average Bonchev–Trinajstić information content (AvgIpc) is 2.54. The molecule has 5 nitrogen and oxygen atoms in total. The third kappa shape index (κ3) is 5.76. The van der Waals surface area contributed by atoms with E-state index in [1.54, 1.807) is 31.4 Å². The molecule has 0 heterocycles. The predicted octanol–water partition coefficient (Wildman–Crippen LogP) is 2.46. The van der Waals surface area contributed by atoms with Crippen molar-refractivity contribution in [1.82, 2.24) is 10.2 Å². The quantitative estimate of drug-likeness (QED) is 0.762.